The molecule has 1 aliphatic rings. The highest BCUT2D eigenvalue weighted by Crippen LogP contribution is 2.47. The van der Waals surface area contributed by atoms with Gasteiger partial charge in [-0.05, 0) is 73.9 Å². The van der Waals surface area contributed by atoms with Crippen LogP contribution in [0.1, 0.15) is 85.6 Å². The van der Waals surface area contributed by atoms with Crippen LogP contribution in [-0.4, -0.2) is 54.5 Å². The van der Waals surface area contributed by atoms with Crippen LogP contribution < -0.4 is 0 Å². The lowest BCUT2D eigenvalue weighted by molar-refractivity contribution is -0.131. The molecule has 0 saturated heterocycles. The number of aromatic nitrogens is 4. The monoisotopic (exact) mass is 609 g/mol. The number of carboxylic acid groups (broad SMARTS) is 1. The number of carboxylic acids is 1. The van der Waals surface area contributed by atoms with Gasteiger partial charge in [0.2, 0.25) is 5.91 Å². The van der Waals surface area contributed by atoms with Crippen LogP contribution in [0.3, 0.4) is 0 Å². The van der Waals surface area contributed by atoms with Gasteiger partial charge in [0.1, 0.15) is 17.1 Å². The Morgan fingerprint density at radius 2 is 1.75 bits per heavy atom. The van der Waals surface area contributed by atoms with Crippen LogP contribution in [0.15, 0.2) is 48.8 Å². The predicted octanol–water partition coefficient (Wildman–Crippen LogP) is 8.08. The van der Waals surface area contributed by atoms with Crippen molar-refractivity contribution in [3.05, 3.63) is 64.9 Å². The Labute approximate surface area is 261 Å². The molecule has 4 aromatic heterocycles. The molecule has 0 bridgehead atoms. The van der Waals surface area contributed by atoms with Gasteiger partial charge in [0, 0.05) is 30.9 Å². The summed E-state index contributed by atoms with van der Waals surface area (Å²) in [6.45, 7) is 7.71. The number of nitrogens with zero attached hydrogens (tertiary/aromatic N) is 5. The Morgan fingerprint density at radius 1 is 1.00 bits per heavy atom. The van der Waals surface area contributed by atoms with Crippen molar-refractivity contribution < 1.29 is 14.7 Å². The molecule has 0 atom stereocenters. The van der Waals surface area contributed by atoms with Crippen LogP contribution >= 0.6 is 11.3 Å². The first-order valence-corrected chi connectivity index (χ1v) is 16.6. The lowest BCUT2D eigenvalue weighted by Crippen LogP contribution is -2.35. The molecule has 1 N–H and O–H groups in total. The third kappa shape index (κ3) is 5.73. The normalized spacial score (nSPS) is 14.0. The molecule has 8 nitrogen and oxygen atoms in total. The Hall–Kier alpha value is -4.11. The number of amides is 1. The summed E-state index contributed by atoms with van der Waals surface area (Å²) in [5, 5.41) is 10.9. The van der Waals surface area contributed by atoms with Crippen LogP contribution in [0.25, 0.3) is 43.8 Å². The van der Waals surface area contributed by atoms with Crippen molar-refractivity contribution in [1.82, 2.24) is 24.4 Å². The van der Waals surface area contributed by atoms with Crippen LogP contribution in [0.4, 0.5) is 0 Å². The molecule has 1 amide bonds. The number of fused-ring (bicyclic) bond motifs is 2. The number of hydrogen-bond acceptors (Lipinski definition) is 6. The van der Waals surface area contributed by atoms with Gasteiger partial charge in [-0.3, -0.25) is 14.8 Å². The van der Waals surface area contributed by atoms with Crippen molar-refractivity contribution >= 4 is 44.3 Å². The zero-order valence-corrected chi connectivity index (χ0v) is 26.5. The summed E-state index contributed by atoms with van der Waals surface area (Å²) < 4.78 is 3.11. The van der Waals surface area contributed by atoms with E-state index in [0.717, 1.165) is 88.0 Å². The molecule has 1 fully saturated rings. The van der Waals surface area contributed by atoms with Gasteiger partial charge < -0.3 is 14.6 Å². The SMILES string of the molecule is CCCN(CCC)C(=O)Cn1c(-c2ccc3nc(-c4nccnc4C)ccc3c2)c(C2CCCCC2)c2sc(C(=O)O)cc21. The highest BCUT2D eigenvalue weighted by Gasteiger charge is 2.30. The van der Waals surface area contributed by atoms with Gasteiger partial charge >= 0.3 is 5.97 Å². The number of carbonyl (C=O) groups excluding carboxylic acids is 1. The number of thiophene rings is 1. The van der Waals surface area contributed by atoms with Crippen molar-refractivity contribution in [2.75, 3.05) is 13.1 Å². The van der Waals surface area contributed by atoms with Crippen molar-refractivity contribution in [2.24, 2.45) is 0 Å². The van der Waals surface area contributed by atoms with Crippen molar-refractivity contribution in [2.45, 2.75) is 78.2 Å². The summed E-state index contributed by atoms with van der Waals surface area (Å²) in [6, 6.07) is 12.1. The van der Waals surface area contributed by atoms with Gasteiger partial charge in [0.05, 0.1) is 32.8 Å². The molecule has 0 spiro atoms. The van der Waals surface area contributed by atoms with E-state index < -0.39 is 5.97 Å². The number of carbonyl (C=O) groups is 2. The highest BCUT2D eigenvalue weighted by atomic mass is 32.1. The van der Waals surface area contributed by atoms with E-state index in [4.69, 9.17) is 4.98 Å². The summed E-state index contributed by atoms with van der Waals surface area (Å²) in [6.07, 6.45) is 10.8. The maximum Gasteiger partial charge on any atom is 0.345 e. The second kappa shape index (κ2) is 12.9. The van der Waals surface area contributed by atoms with Crippen molar-refractivity contribution in [3.63, 3.8) is 0 Å². The molecule has 0 unspecified atom stereocenters. The summed E-state index contributed by atoms with van der Waals surface area (Å²) in [7, 11) is 0. The fraction of sp³-hybridized carbons (Fsp3) is 0.400. The molecule has 1 saturated carbocycles. The summed E-state index contributed by atoms with van der Waals surface area (Å²) in [5.74, 6) is -0.544. The van der Waals surface area contributed by atoms with E-state index in [1.807, 2.05) is 24.0 Å². The van der Waals surface area contributed by atoms with Gasteiger partial charge in [-0.2, -0.15) is 0 Å². The van der Waals surface area contributed by atoms with E-state index in [2.05, 4.69) is 46.6 Å². The molecule has 1 aromatic carbocycles. The molecular formula is C35H39N5O3S. The average molecular weight is 610 g/mol. The van der Waals surface area contributed by atoms with E-state index in [1.165, 1.54) is 23.3 Å². The number of aryl methyl sites for hydroxylation is 1. The van der Waals surface area contributed by atoms with E-state index in [0.29, 0.717) is 23.9 Å². The molecule has 1 aliphatic carbocycles. The number of aromatic carboxylic acids is 1. The number of rotatable bonds is 10. The average Bonchev–Trinajstić information content (AvgIpc) is 3.59. The predicted molar refractivity (Wildman–Crippen MR) is 176 cm³/mol. The van der Waals surface area contributed by atoms with Crippen molar-refractivity contribution in [3.8, 4) is 22.6 Å². The van der Waals surface area contributed by atoms with Gasteiger partial charge in [-0.25, -0.2) is 9.78 Å². The van der Waals surface area contributed by atoms with Crippen molar-refractivity contribution in [1.29, 1.82) is 0 Å². The zero-order valence-electron chi connectivity index (χ0n) is 25.7. The molecule has 5 aromatic rings. The zero-order chi connectivity index (χ0) is 30.8. The first kappa shape index (κ1) is 29.9. The number of pyridine rings is 1. The number of hydrogen-bond donors (Lipinski definition) is 1. The summed E-state index contributed by atoms with van der Waals surface area (Å²) in [4.78, 5) is 42.0. The third-order valence-electron chi connectivity index (χ3n) is 8.72. The maximum absolute atomic E-state index is 13.8. The van der Waals surface area contributed by atoms with Crippen LogP contribution in [-0.2, 0) is 11.3 Å². The molecule has 44 heavy (non-hydrogen) atoms. The molecule has 6 rings (SSSR count). The quantitative estimate of drug-likeness (QED) is 0.172. The second-order valence-electron chi connectivity index (χ2n) is 11.8. The van der Waals surface area contributed by atoms with Gasteiger partial charge in [-0.1, -0.05) is 45.2 Å². The van der Waals surface area contributed by atoms with E-state index in [1.54, 1.807) is 18.5 Å². The highest BCUT2D eigenvalue weighted by molar-refractivity contribution is 7.21. The minimum atomic E-state index is -0.926. The Balaban J connectivity index is 1.53. The third-order valence-corrected chi connectivity index (χ3v) is 9.86. The standard InChI is InChI=1S/C35H39N5O3S/c1-4-17-39(18-5-2)30(41)21-40-28-20-29(35(42)43)44-34(28)31(23-9-7-6-8-10-23)33(40)25-12-13-26-24(19-25)11-14-27(38-26)32-22(3)36-15-16-37-32/h11-16,19-20,23H,4-10,17-18,21H2,1-3H3,(H,42,43). The molecule has 4 heterocycles. The lowest BCUT2D eigenvalue weighted by Gasteiger charge is -2.25. The number of benzene rings is 1. The van der Waals surface area contributed by atoms with E-state index in [-0.39, 0.29) is 12.5 Å². The summed E-state index contributed by atoms with van der Waals surface area (Å²) in [5.41, 5.74) is 7.33. The van der Waals surface area contributed by atoms with Crippen LogP contribution in [0, 0.1) is 6.92 Å². The Bertz CT molecular complexity index is 1830. The minimum Gasteiger partial charge on any atom is -0.477 e. The van der Waals surface area contributed by atoms with E-state index in [9.17, 15) is 14.7 Å². The maximum atomic E-state index is 13.8. The largest absolute Gasteiger partial charge is 0.477 e. The first-order chi connectivity index (χ1) is 21.4. The lowest BCUT2D eigenvalue weighted by atomic mass is 9.83. The Kier molecular flexibility index (Phi) is 8.75. The molecule has 9 heteroatoms. The molecular weight excluding hydrogens is 570 g/mol. The van der Waals surface area contributed by atoms with Crippen LogP contribution in [0.2, 0.25) is 0 Å². The fourth-order valence-electron chi connectivity index (χ4n) is 6.70. The van der Waals surface area contributed by atoms with Gasteiger partial charge in [0.15, 0.2) is 0 Å². The molecule has 0 aliphatic heterocycles. The molecule has 0 radical (unpaired) electrons. The topological polar surface area (TPSA) is 101 Å². The van der Waals surface area contributed by atoms with Gasteiger partial charge in [0.25, 0.3) is 0 Å². The van der Waals surface area contributed by atoms with Gasteiger partial charge in [-0.15, -0.1) is 11.3 Å². The fourth-order valence-corrected chi connectivity index (χ4v) is 7.82. The Morgan fingerprint density at radius 3 is 2.45 bits per heavy atom. The molecule has 228 valence electrons. The minimum absolute atomic E-state index is 0.0663. The smallest absolute Gasteiger partial charge is 0.345 e. The van der Waals surface area contributed by atoms with E-state index >= 15 is 0 Å². The van der Waals surface area contributed by atoms with Crippen LogP contribution in [0.5, 0.6) is 0 Å². The first-order valence-electron chi connectivity index (χ1n) is 15.8. The summed E-state index contributed by atoms with van der Waals surface area (Å²) >= 11 is 1.35. The second-order valence-corrected chi connectivity index (χ2v) is 12.8.